The maximum atomic E-state index is 12.9. The molecule has 1 unspecified atom stereocenters. The van der Waals surface area contributed by atoms with E-state index in [0.29, 0.717) is 17.4 Å². The molecule has 0 bridgehead atoms. The maximum Gasteiger partial charge on any atom is 0.257 e. The van der Waals surface area contributed by atoms with Gasteiger partial charge in [-0.1, -0.05) is 12.1 Å². The number of nitrogens with one attached hydrogen (secondary N) is 1. The zero-order valence-electron chi connectivity index (χ0n) is 14.5. The number of halogens is 1. The molecule has 6 heteroatoms. The molecular formula is C18H28ClN3O2. The largest absolute Gasteiger partial charge is 0.490 e. The number of nitrogens with zero attached hydrogens (tertiary/aromatic N) is 2. The van der Waals surface area contributed by atoms with Crippen LogP contribution in [0.4, 0.5) is 0 Å². The molecule has 2 aliphatic rings. The highest BCUT2D eigenvalue weighted by Crippen LogP contribution is 2.24. The van der Waals surface area contributed by atoms with Crippen molar-refractivity contribution in [1.82, 2.24) is 15.1 Å². The number of benzene rings is 1. The molecular weight excluding hydrogens is 326 g/mol. The van der Waals surface area contributed by atoms with Gasteiger partial charge < -0.3 is 15.0 Å². The van der Waals surface area contributed by atoms with Crippen molar-refractivity contribution in [2.24, 2.45) is 0 Å². The van der Waals surface area contributed by atoms with E-state index in [1.807, 2.05) is 43.0 Å². The Bertz CT molecular complexity index is 547. The predicted molar refractivity (Wildman–Crippen MR) is 98.2 cm³/mol. The van der Waals surface area contributed by atoms with Gasteiger partial charge in [-0.05, 0) is 32.4 Å². The minimum absolute atomic E-state index is 0. The topological polar surface area (TPSA) is 44.8 Å². The normalized spacial score (nSPS) is 21.6. The van der Waals surface area contributed by atoms with E-state index in [1.165, 1.54) is 0 Å². The van der Waals surface area contributed by atoms with Crippen LogP contribution in [0.2, 0.25) is 0 Å². The van der Waals surface area contributed by atoms with Crippen LogP contribution in [0.15, 0.2) is 24.3 Å². The Hall–Kier alpha value is -1.30. The second-order valence-corrected chi connectivity index (χ2v) is 6.64. The SMILES string of the molecule is CC(C)Oc1ccccc1C(=O)N1CCC(N2CCNCC2)C1.Cl. The summed E-state index contributed by atoms with van der Waals surface area (Å²) >= 11 is 0. The first-order valence-electron chi connectivity index (χ1n) is 8.65. The lowest BCUT2D eigenvalue weighted by molar-refractivity contribution is 0.0767. The lowest BCUT2D eigenvalue weighted by Gasteiger charge is -2.32. The average Bonchev–Trinajstić information content (AvgIpc) is 3.05. The number of para-hydroxylation sites is 1. The van der Waals surface area contributed by atoms with Crippen molar-refractivity contribution in [2.75, 3.05) is 39.3 Å². The van der Waals surface area contributed by atoms with Crippen LogP contribution in [0, 0.1) is 0 Å². The summed E-state index contributed by atoms with van der Waals surface area (Å²) in [7, 11) is 0. The fourth-order valence-electron chi connectivity index (χ4n) is 3.44. The minimum Gasteiger partial charge on any atom is -0.490 e. The van der Waals surface area contributed by atoms with Gasteiger partial charge in [0, 0.05) is 45.3 Å². The van der Waals surface area contributed by atoms with Gasteiger partial charge in [0.1, 0.15) is 5.75 Å². The van der Waals surface area contributed by atoms with Crippen LogP contribution in [-0.4, -0.2) is 67.1 Å². The van der Waals surface area contributed by atoms with Crippen LogP contribution in [0.25, 0.3) is 0 Å². The fourth-order valence-corrected chi connectivity index (χ4v) is 3.44. The molecule has 24 heavy (non-hydrogen) atoms. The van der Waals surface area contributed by atoms with Gasteiger partial charge in [0.2, 0.25) is 0 Å². The van der Waals surface area contributed by atoms with E-state index in [2.05, 4.69) is 10.2 Å². The lowest BCUT2D eigenvalue weighted by atomic mass is 10.1. The first-order chi connectivity index (χ1) is 11.1. The van der Waals surface area contributed by atoms with Crippen LogP contribution in [-0.2, 0) is 0 Å². The number of carbonyl (C=O) groups excluding carboxylic acids is 1. The average molecular weight is 354 g/mol. The highest BCUT2D eigenvalue weighted by atomic mass is 35.5. The van der Waals surface area contributed by atoms with Crippen molar-refractivity contribution in [3.63, 3.8) is 0 Å². The van der Waals surface area contributed by atoms with Crippen molar-refractivity contribution < 1.29 is 9.53 Å². The maximum absolute atomic E-state index is 12.9. The molecule has 0 radical (unpaired) electrons. The Kier molecular flexibility index (Phi) is 6.90. The minimum atomic E-state index is 0. The zero-order valence-corrected chi connectivity index (χ0v) is 15.3. The van der Waals surface area contributed by atoms with Crippen molar-refractivity contribution in [2.45, 2.75) is 32.4 Å². The molecule has 0 aromatic heterocycles. The van der Waals surface area contributed by atoms with Crippen LogP contribution in [0.5, 0.6) is 5.75 Å². The molecule has 1 aromatic carbocycles. The van der Waals surface area contributed by atoms with Gasteiger partial charge >= 0.3 is 0 Å². The third-order valence-electron chi connectivity index (χ3n) is 4.60. The van der Waals surface area contributed by atoms with E-state index in [4.69, 9.17) is 4.74 Å². The van der Waals surface area contributed by atoms with Crippen LogP contribution in [0.3, 0.4) is 0 Å². The first kappa shape index (κ1) is 19.0. The Balaban J connectivity index is 0.00000208. The van der Waals surface area contributed by atoms with E-state index in [1.54, 1.807) is 0 Å². The predicted octanol–water partition coefficient (Wildman–Crippen LogP) is 2.02. The van der Waals surface area contributed by atoms with Crippen molar-refractivity contribution in [1.29, 1.82) is 0 Å². The van der Waals surface area contributed by atoms with Crippen molar-refractivity contribution >= 4 is 18.3 Å². The number of ether oxygens (including phenoxy) is 1. The summed E-state index contributed by atoms with van der Waals surface area (Å²) in [5.41, 5.74) is 0.683. The quantitative estimate of drug-likeness (QED) is 0.899. The Labute approximate surface area is 150 Å². The second-order valence-electron chi connectivity index (χ2n) is 6.64. The van der Waals surface area contributed by atoms with Gasteiger partial charge in [0.05, 0.1) is 11.7 Å². The van der Waals surface area contributed by atoms with Crippen LogP contribution < -0.4 is 10.1 Å². The Morgan fingerprint density at radius 2 is 1.92 bits per heavy atom. The summed E-state index contributed by atoms with van der Waals surface area (Å²) in [5.74, 6) is 0.789. The molecule has 2 heterocycles. The summed E-state index contributed by atoms with van der Waals surface area (Å²) in [6.45, 7) is 9.90. The Morgan fingerprint density at radius 3 is 2.62 bits per heavy atom. The van der Waals surface area contributed by atoms with Gasteiger partial charge in [-0.2, -0.15) is 0 Å². The number of likely N-dealkylation sites (tertiary alicyclic amines) is 1. The molecule has 134 valence electrons. The number of hydrogen-bond acceptors (Lipinski definition) is 4. The molecule has 5 nitrogen and oxygen atoms in total. The van der Waals surface area contributed by atoms with E-state index in [9.17, 15) is 4.79 Å². The molecule has 1 aromatic rings. The van der Waals surface area contributed by atoms with Gasteiger partial charge in [-0.3, -0.25) is 9.69 Å². The van der Waals surface area contributed by atoms with E-state index in [-0.39, 0.29) is 24.4 Å². The van der Waals surface area contributed by atoms with Crippen molar-refractivity contribution in [3.8, 4) is 5.75 Å². The second kappa shape index (κ2) is 8.70. The summed E-state index contributed by atoms with van der Waals surface area (Å²) in [6.07, 6.45) is 1.13. The van der Waals surface area contributed by atoms with E-state index < -0.39 is 0 Å². The molecule has 1 amide bonds. The number of hydrogen-bond donors (Lipinski definition) is 1. The van der Waals surface area contributed by atoms with Gasteiger partial charge in [0.15, 0.2) is 0 Å². The molecule has 2 saturated heterocycles. The standard InChI is InChI=1S/C18H27N3O2.ClH/c1-14(2)23-17-6-4-3-5-16(17)18(22)21-10-7-15(13-21)20-11-8-19-9-12-20;/h3-6,14-15,19H,7-13H2,1-2H3;1H. The molecule has 1 N–H and O–H groups in total. The highest BCUT2D eigenvalue weighted by Gasteiger charge is 2.32. The summed E-state index contributed by atoms with van der Waals surface area (Å²) in [5, 5.41) is 3.38. The molecule has 0 saturated carbocycles. The third-order valence-corrected chi connectivity index (χ3v) is 4.60. The van der Waals surface area contributed by atoms with Gasteiger partial charge in [-0.25, -0.2) is 0 Å². The molecule has 1 atom stereocenters. The van der Waals surface area contributed by atoms with E-state index in [0.717, 1.165) is 45.7 Å². The lowest BCUT2D eigenvalue weighted by Crippen LogP contribution is -2.49. The summed E-state index contributed by atoms with van der Waals surface area (Å²) < 4.78 is 5.80. The Morgan fingerprint density at radius 1 is 1.21 bits per heavy atom. The molecule has 2 fully saturated rings. The summed E-state index contributed by atoms with van der Waals surface area (Å²) in [6, 6.07) is 8.08. The first-order valence-corrected chi connectivity index (χ1v) is 8.65. The highest BCUT2D eigenvalue weighted by molar-refractivity contribution is 5.97. The smallest absolute Gasteiger partial charge is 0.257 e. The number of carbonyl (C=O) groups is 1. The van der Waals surface area contributed by atoms with Gasteiger partial charge in [0.25, 0.3) is 5.91 Å². The molecule has 0 aliphatic carbocycles. The zero-order chi connectivity index (χ0) is 16.2. The molecule has 3 rings (SSSR count). The monoisotopic (exact) mass is 353 g/mol. The van der Waals surface area contributed by atoms with Crippen LogP contribution >= 0.6 is 12.4 Å². The molecule has 0 spiro atoms. The third kappa shape index (κ3) is 4.41. The number of piperazine rings is 1. The number of amides is 1. The van der Waals surface area contributed by atoms with Gasteiger partial charge in [-0.15, -0.1) is 12.4 Å². The molecule has 2 aliphatic heterocycles. The van der Waals surface area contributed by atoms with Crippen LogP contribution in [0.1, 0.15) is 30.6 Å². The fraction of sp³-hybridized carbons (Fsp3) is 0.611. The van der Waals surface area contributed by atoms with E-state index >= 15 is 0 Å². The van der Waals surface area contributed by atoms with Crippen molar-refractivity contribution in [3.05, 3.63) is 29.8 Å². The number of rotatable bonds is 4. The summed E-state index contributed by atoms with van der Waals surface area (Å²) in [4.78, 5) is 17.4.